The minimum atomic E-state index is -3.23. The molecular formula is C14H20N2O3S. The Kier molecular flexibility index (Phi) is 3.70. The lowest BCUT2D eigenvalue weighted by atomic mass is 10.0. The van der Waals surface area contributed by atoms with Gasteiger partial charge in [-0.25, -0.2) is 8.42 Å². The van der Waals surface area contributed by atoms with E-state index in [2.05, 4.69) is 0 Å². The van der Waals surface area contributed by atoms with Gasteiger partial charge in [0.2, 0.25) is 10.0 Å². The molecule has 2 N–H and O–H groups in total. The minimum Gasteiger partial charge on any atom is -0.399 e. The van der Waals surface area contributed by atoms with Crippen molar-refractivity contribution in [1.29, 1.82) is 0 Å². The Morgan fingerprint density at radius 3 is 2.70 bits per heavy atom. The molecule has 3 rings (SSSR count). The summed E-state index contributed by atoms with van der Waals surface area (Å²) < 4.78 is 32.2. The Morgan fingerprint density at radius 2 is 1.95 bits per heavy atom. The summed E-state index contributed by atoms with van der Waals surface area (Å²) in [6.07, 6.45) is 1.96. The number of nitrogens with zero attached hydrogens (tertiary/aromatic N) is 1. The number of anilines is 1. The molecule has 2 aliphatic heterocycles. The second kappa shape index (κ2) is 5.35. The summed E-state index contributed by atoms with van der Waals surface area (Å²) in [7, 11) is -3.23. The van der Waals surface area contributed by atoms with Crippen LogP contribution in [0.4, 0.5) is 5.69 Å². The van der Waals surface area contributed by atoms with Crippen LogP contribution in [-0.2, 0) is 27.7 Å². The third-order valence-electron chi connectivity index (χ3n) is 4.16. The molecule has 0 atom stereocenters. The number of nitrogen functional groups attached to an aromatic ring is 1. The van der Waals surface area contributed by atoms with E-state index in [0.29, 0.717) is 44.8 Å². The summed E-state index contributed by atoms with van der Waals surface area (Å²) in [6, 6.07) is 5.77. The molecule has 0 radical (unpaired) electrons. The topological polar surface area (TPSA) is 72.6 Å². The second-order valence-corrected chi connectivity index (χ2v) is 7.68. The molecule has 2 heterocycles. The number of rotatable bonds is 2. The molecule has 0 aliphatic carbocycles. The molecule has 6 heteroatoms. The monoisotopic (exact) mass is 296 g/mol. The number of hydrogen-bond donors (Lipinski definition) is 1. The lowest BCUT2D eigenvalue weighted by Gasteiger charge is -2.33. The maximum absolute atomic E-state index is 12.7. The highest BCUT2D eigenvalue weighted by Crippen LogP contribution is 2.27. The molecule has 0 amide bonds. The van der Waals surface area contributed by atoms with Gasteiger partial charge in [0.05, 0.1) is 5.25 Å². The highest BCUT2D eigenvalue weighted by molar-refractivity contribution is 7.89. The van der Waals surface area contributed by atoms with Crippen LogP contribution in [0.2, 0.25) is 0 Å². The number of fused-ring (bicyclic) bond motifs is 1. The van der Waals surface area contributed by atoms with Crippen LogP contribution in [0, 0.1) is 0 Å². The predicted molar refractivity (Wildman–Crippen MR) is 77.7 cm³/mol. The molecule has 0 bridgehead atoms. The van der Waals surface area contributed by atoms with Crippen LogP contribution in [0.1, 0.15) is 24.0 Å². The molecule has 110 valence electrons. The zero-order chi connectivity index (χ0) is 14.2. The van der Waals surface area contributed by atoms with E-state index in [-0.39, 0.29) is 5.25 Å². The van der Waals surface area contributed by atoms with E-state index in [1.807, 2.05) is 18.2 Å². The lowest BCUT2D eigenvalue weighted by Crippen LogP contribution is -2.43. The molecule has 1 aromatic rings. The zero-order valence-corrected chi connectivity index (χ0v) is 12.2. The third kappa shape index (κ3) is 2.55. The van der Waals surface area contributed by atoms with E-state index < -0.39 is 10.0 Å². The average molecular weight is 296 g/mol. The first kappa shape index (κ1) is 13.9. The van der Waals surface area contributed by atoms with Gasteiger partial charge in [-0.2, -0.15) is 4.31 Å². The van der Waals surface area contributed by atoms with Gasteiger partial charge in [0.25, 0.3) is 0 Å². The number of hydrogen-bond acceptors (Lipinski definition) is 4. The number of nitrogens with two attached hydrogens (primary N) is 1. The first-order valence-electron chi connectivity index (χ1n) is 7.01. The van der Waals surface area contributed by atoms with Gasteiger partial charge >= 0.3 is 0 Å². The summed E-state index contributed by atoms with van der Waals surface area (Å²) in [4.78, 5) is 0. The molecule has 0 saturated carbocycles. The van der Waals surface area contributed by atoms with Crippen LogP contribution in [0.3, 0.4) is 0 Å². The fourth-order valence-electron chi connectivity index (χ4n) is 2.95. The Balaban J connectivity index is 1.82. The third-order valence-corrected chi connectivity index (χ3v) is 6.50. The van der Waals surface area contributed by atoms with Crippen LogP contribution in [0.5, 0.6) is 0 Å². The van der Waals surface area contributed by atoms with Gasteiger partial charge < -0.3 is 10.5 Å². The summed E-state index contributed by atoms with van der Waals surface area (Å²) in [6.45, 7) is 2.10. The summed E-state index contributed by atoms with van der Waals surface area (Å²) >= 11 is 0. The van der Waals surface area contributed by atoms with E-state index in [9.17, 15) is 8.42 Å². The van der Waals surface area contributed by atoms with Crippen molar-refractivity contribution in [3.63, 3.8) is 0 Å². The minimum absolute atomic E-state index is 0.293. The van der Waals surface area contributed by atoms with E-state index in [4.69, 9.17) is 10.5 Å². The Bertz CT molecular complexity index is 594. The van der Waals surface area contributed by atoms with Crippen molar-refractivity contribution in [3.05, 3.63) is 29.3 Å². The quantitative estimate of drug-likeness (QED) is 0.831. The van der Waals surface area contributed by atoms with Crippen LogP contribution < -0.4 is 5.73 Å². The molecule has 0 unspecified atom stereocenters. The molecular weight excluding hydrogens is 276 g/mol. The van der Waals surface area contributed by atoms with Crippen molar-refractivity contribution >= 4 is 15.7 Å². The van der Waals surface area contributed by atoms with Crippen LogP contribution in [-0.4, -0.2) is 37.7 Å². The molecule has 5 nitrogen and oxygen atoms in total. The highest BCUT2D eigenvalue weighted by Gasteiger charge is 2.34. The molecule has 0 spiro atoms. The summed E-state index contributed by atoms with van der Waals surface area (Å²) in [5.74, 6) is 0. The van der Waals surface area contributed by atoms with Gasteiger partial charge in [0.15, 0.2) is 0 Å². The van der Waals surface area contributed by atoms with Crippen LogP contribution >= 0.6 is 0 Å². The largest absolute Gasteiger partial charge is 0.399 e. The summed E-state index contributed by atoms with van der Waals surface area (Å²) in [5.41, 5.74) is 8.72. The standard InChI is InChI=1S/C14H20N2O3S/c15-13-2-1-11-3-6-16(10-12(11)9-13)20(17,18)14-4-7-19-8-5-14/h1-2,9,14H,3-8,10,15H2. The normalized spacial score (nSPS) is 21.6. The van der Waals surface area contributed by atoms with Gasteiger partial charge in [-0.1, -0.05) is 6.07 Å². The average Bonchev–Trinajstić information content (AvgIpc) is 2.47. The van der Waals surface area contributed by atoms with Crippen LogP contribution in [0.25, 0.3) is 0 Å². The summed E-state index contributed by atoms with van der Waals surface area (Å²) in [5, 5.41) is -0.293. The highest BCUT2D eigenvalue weighted by atomic mass is 32.2. The van der Waals surface area contributed by atoms with Crippen molar-refractivity contribution in [3.8, 4) is 0 Å². The molecule has 1 aromatic carbocycles. The van der Waals surface area contributed by atoms with Crippen molar-refractivity contribution in [1.82, 2.24) is 4.31 Å². The maximum atomic E-state index is 12.7. The van der Waals surface area contributed by atoms with Crippen molar-refractivity contribution < 1.29 is 13.2 Å². The fraction of sp³-hybridized carbons (Fsp3) is 0.571. The Labute approximate surface area is 119 Å². The second-order valence-electron chi connectivity index (χ2n) is 5.47. The van der Waals surface area contributed by atoms with E-state index in [1.54, 1.807) is 4.31 Å². The van der Waals surface area contributed by atoms with Gasteiger partial charge in [0.1, 0.15) is 0 Å². The molecule has 1 saturated heterocycles. The Hall–Kier alpha value is -1.11. The maximum Gasteiger partial charge on any atom is 0.217 e. The first-order chi connectivity index (χ1) is 9.57. The lowest BCUT2D eigenvalue weighted by molar-refractivity contribution is 0.0971. The van der Waals surface area contributed by atoms with E-state index in [1.165, 1.54) is 5.56 Å². The van der Waals surface area contributed by atoms with Crippen molar-refractivity contribution in [2.45, 2.75) is 31.1 Å². The molecule has 20 heavy (non-hydrogen) atoms. The molecule has 2 aliphatic rings. The van der Waals surface area contributed by atoms with E-state index in [0.717, 1.165) is 12.0 Å². The molecule has 1 fully saturated rings. The van der Waals surface area contributed by atoms with Crippen molar-refractivity contribution in [2.75, 3.05) is 25.5 Å². The number of sulfonamides is 1. The first-order valence-corrected chi connectivity index (χ1v) is 8.51. The van der Waals surface area contributed by atoms with Gasteiger partial charge in [0, 0.05) is 32.0 Å². The van der Waals surface area contributed by atoms with Crippen LogP contribution in [0.15, 0.2) is 18.2 Å². The fourth-order valence-corrected chi connectivity index (χ4v) is 4.83. The van der Waals surface area contributed by atoms with Gasteiger partial charge in [-0.3, -0.25) is 0 Å². The van der Waals surface area contributed by atoms with Gasteiger partial charge in [-0.05, 0) is 42.5 Å². The zero-order valence-electron chi connectivity index (χ0n) is 11.4. The van der Waals surface area contributed by atoms with Crippen molar-refractivity contribution in [2.24, 2.45) is 0 Å². The SMILES string of the molecule is Nc1ccc2c(c1)CN(S(=O)(=O)C1CCOCC1)CC2. The van der Waals surface area contributed by atoms with E-state index >= 15 is 0 Å². The predicted octanol–water partition coefficient (Wildman–Crippen LogP) is 1.14. The number of ether oxygens (including phenoxy) is 1. The molecule has 0 aromatic heterocycles. The Morgan fingerprint density at radius 1 is 1.20 bits per heavy atom. The smallest absolute Gasteiger partial charge is 0.217 e. The number of benzene rings is 1. The van der Waals surface area contributed by atoms with Gasteiger partial charge in [-0.15, -0.1) is 0 Å².